The van der Waals surface area contributed by atoms with E-state index >= 15 is 0 Å². The highest BCUT2D eigenvalue weighted by Gasteiger charge is 2.24. The van der Waals surface area contributed by atoms with Gasteiger partial charge in [-0.1, -0.05) is 36.4 Å². The van der Waals surface area contributed by atoms with Crippen LogP contribution in [0, 0.1) is 5.92 Å². The molecular formula is C12H23BrIN3S. The molecule has 1 atom stereocenters. The van der Waals surface area contributed by atoms with Crippen molar-refractivity contribution in [3.8, 4) is 0 Å². The van der Waals surface area contributed by atoms with Crippen molar-refractivity contribution >= 4 is 57.6 Å². The van der Waals surface area contributed by atoms with Crippen molar-refractivity contribution in [2.24, 2.45) is 10.9 Å². The van der Waals surface area contributed by atoms with Crippen LogP contribution in [0.15, 0.2) is 16.1 Å². The van der Waals surface area contributed by atoms with Gasteiger partial charge in [-0.3, -0.25) is 4.99 Å². The minimum atomic E-state index is 0. The summed E-state index contributed by atoms with van der Waals surface area (Å²) in [5, 5.41) is 4.02. The summed E-state index contributed by atoms with van der Waals surface area (Å²) in [7, 11) is 1.84. The normalized spacial score (nSPS) is 20.6. The molecule has 0 aromatic carbocycles. The lowest BCUT2D eigenvalue weighted by atomic mass is 10.1. The van der Waals surface area contributed by atoms with Crippen molar-refractivity contribution < 1.29 is 0 Å². The van der Waals surface area contributed by atoms with E-state index in [9.17, 15) is 0 Å². The third kappa shape index (κ3) is 6.14. The molecule has 1 N–H and O–H groups in total. The van der Waals surface area contributed by atoms with Gasteiger partial charge in [0.05, 0.1) is 0 Å². The zero-order chi connectivity index (χ0) is 12.8. The first-order valence-corrected chi connectivity index (χ1v) is 7.79. The maximum atomic E-state index is 4.34. The second kappa shape index (κ2) is 9.47. The molecule has 1 fully saturated rings. The summed E-state index contributed by atoms with van der Waals surface area (Å²) in [6.07, 6.45) is 0. The molecule has 0 aromatic heterocycles. The highest BCUT2D eigenvalue weighted by atomic mass is 127. The summed E-state index contributed by atoms with van der Waals surface area (Å²) in [5.41, 5.74) is 0. The van der Waals surface area contributed by atoms with Gasteiger partial charge in [0, 0.05) is 42.2 Å². The van der Waals surface area contributed by atoms with E-state index in [1.165, 1.54) is 5.75 Å². The van der Waals surface area contributed by atoms with Gasteiger partial charge in [0.1, 0.15) is 0 Å². The highest BCUT2D eigenvalue weighted by Crippen LogP contribution is 2.24. The molecule has 0 amide bonds. The topological polar surface area (TPSA) is 27.6 Å². The lowest BCUT2D eigenvalue weighted by molar-refractivity contribution is 0.382. The number of thioether (sulfide) groups is 1. The molecule has 106 valence electrons. The summed E-state index contributed by atoms with van der Waals surface area (Å²) < 4.78 is 0.949. The van der Waals surface area contributed by atoms with Gasteiger partial charge in [-0.2, -0.15) is 11.8 Å². The average Bonchev–Trinajstić information content (AvgIpc) is 2.30. The van der Waals surface area contributed by atoms with Gasteiger partial charge < -0.3 is 10.2 Å². The molecule has 1 aliphatic heterocycles. The molecule has 0 bridgehead atoms. The molecule has 3 nitrogen and oxygen atoms in total. The van der Waals surface area contributed by atoms with E-state index in [2.05, 4.69) is 63.3 Å². The predicted molar refractivity (Wildman–Crippen MR) is 97.5 cm³/mol. The van der Waals surface area contributed by atoms with E-state index < -0.39 is 0 Å². The zero-order valence-corrected chi connectivity index (χ0v) is 16.0. The smallest absolute Gasteiger partial charge is 0.193 e. The first kappa shape index (κ1) is 18.6. The van der Waals surface area contributed by atoms with E-state index in [0.29, 0.717) is 11.2 Å². The number of nitrogens with zero attached hydrogens (tertiary/aromatic N) is 2. The first-order valence-electron chi connectivity index (χ1n) is 5.95. The molecule has 0 aliphatic carbocycles. The van der Waals surface area contributed by atoms with Crippen molar-refractivity contribution in [3.63, 3.8) is 0 Å². The summed E-state index contributed by atoms with van der Waals surface area (Å²) in [6, 6.07) is 0. The predicted octanol–water partition coefficient (Wildman–Crippen LogP) is 3.16. The molecule has 1 unspecified atom stereocenters. The van der Waals surface area contributed by atoms with E-state index in [-0.39, 0.29) is 24.0 Å². The molecule has 1 rings (SSSR count). The Morgan fingerprint density at radius 1 is 1.61 bits per heavy atom. The van der Waals surface area contributed by atoms with Crippen LogP contribution in [0.4, 0.5) is 0 Å². The molecule has 1 saturated heterocycles. The van der Waals surface area contributed by atoms with Crippen LogP contribution in [-0.2, 0) is 0 Å². The minimum Gasteiger partial charge on any atom is -0.352 e. The third-order valence-corrected chi connectivity index (χ3v) is 4.61. The van der Waals surface area contributed by atoms with Crippen LogP contribution in [0.1, 0.15) is 13.8 Å². The van der Waals surface area contributed by atoms with E-state index in [1.807, 2.05) is 7.05 Å². The van der Waals surface area contributed by atoms with Crippen molar-refractivity contribution in [1.29, 1.82) is 0 Å². The second-order valence-corrected chi connectivity index (χ2v) is 6.99. The Morgan fingerprint density at radius 3 is 2.78 bits per heavy atom. The molecule has 1 aliphatic rings. The summed E-state index contributed by atoms with van der Waals surface area (Å²) in [6.45, 7) is 11.3. The average molecular weight is 448 g/mol. The Kier molecular flexibility index (Phi) is 9.77. The van der Waals surface area contributed by atoms with Crippen molar-refractivity contribution in [1.82, 2.24) is 10.2 Å². The maximum absolute atomic E-state index is 4.34. The fourth-order valence-electron chi connectivity index (χ4n) is 1.78. The van der Waals surface area contributed by atoms with Crippen molar-refractivity contribution in [3.05, 3.63) is 11.1 Å². The van der Waals surface area contributed by atoms with Gasteiger partial charge >= 0.3 is 0 Å². The van der Waals surface area contributed by atoms with Crippen molar-refractivity contribution in [2.45, 2.75) is 19.1 Å². The summed E-state index contributed by atoms with van der Waals surface area (Å²) >= 11 is 5.43. The van der Waals surface area contributed by atoms with Crippen LogP contribution in [0.2, 0.25) is 0 Å². The fraction of sp³-hybridized carbons (Fsp3) is 0.750. The lowest BCUT2D eigenvalue weighted by Crippen LogP contribution is -2.49. The quantitative estimate of drug-likeness (QED) is 0.409. The lowest BCUT2D eigenvalue weighted by Gasteiger charge is -2.36. The first-order chi connectivity index (χ1) is 8.04. The fourth-order valence-corrected chi connectivity index (χ4v) is 3.22. The Balaban J connectivity index is 0.00000289. The van der Waals surface area contributed by atoms with Crippen LogP contribution in [0.3, 0.4) is 0 Å². The van der Waals surface area contributed by atoms with Crippen LogP contribution in [0.5, 0.6) is 0 Å². The van der Waals surface area contributed by atoms with Crippen LogP contribution in [-0.4, -0.2) is 48.5 Å². The zero-order valence-electron chi connectivity index (χ0n) is 11.3. The van der Waals surface area contributed by atoms with E-state index in [4.69, 9.17) is 0 Å². The van der Waals surface area contributed by atoms with Gasteiger partial charge in [0.2, 0.25) is 0 Å². The molecule has 18 heavy (non-hydrogen) atoms. The Bertz CT molecular complexity index is 297. The number of hydrogen-bond donors (Lipinski definition) is 1. The number of rotatable bonds is 3. The maximum Gasteiger partial charge on any atom is 0.193 e. The van der Waals surface area contributed by atoms with Crippen LogP contribution in [0.25, 0.3) is 0 Å². The Labute approximate surface area is 140 Å². The van der Waals surface area contributed by atoms with E-state index in [0.717, 1.165) is 30.1 Å². The van der Waals surface area contributed by atoms with Gasteiger partial charge in [-0.25, -0.2) is 0 Å². The highest BCUT2D eigenvalue weighted by molar-refractivity contribution is 14.0. The largest absolute Gasteiger partial charge is 0.352 e. The summed E-state index contributed by atoms with van der Waals surface area (Å²) in [5.74, 6) is 2.88. The number of nitrogens with one attached hydrogen (secondary N) is 1. The van der Waals surface area contributed by atoms with E-state index in [1.54, 1.807) is 0 Å². The molecule has 1 heterocycles. The number of guanidine groups is 1. The molecule has 6 heteroatoms. The second-order valence-electron chi connectivity index (χ2n) is 4.52. The number of aliphatic imine (C=N–C) groups is 1. The molecule has 0 saturated carbocycles. The third-order valence-electron chi connectivity index (χ3n) is 2.79. The molecule has 0 aromatic rings. The number of hydrogen-bond acceptors (Lipinski definition) is 2. The molecular weight excluding hydrogens is 425 g/mol. The van der Waals surface area contributed by atoms with Crippen LogP contribution < -0.4 is 5.32 Å². The standard InChI is InChI=1S/C12H22BrN3S.HI/c1-9(2)11-8-16(5-6-17-11)12(14-4)15-7-10(3)13;/h9,11H,3,5-8H2,1-2,4H3,(H,14,15);1H. The molecule has 0 spiro atoms. The van der Waals surface area contributed by atoms with Crippen molar-refractivity contribution in [2.75, 3.05) is 32.4 Å². The Morgan fingerprint density at radius 2 is 2.28 bits per heavy atom. The minimum absolute atomic E-state index is 0. The Hall–Kier alpha value is 0.570. The number of halogens is 2. The van der Waals surface area contributed by atoms with Gasteiger partial charge in [-0.05, 0) is 5.92 Å². The summed E-state index contributed by atoms with van der Waals surface area (Å²) in [4.78, 5) is 6.68. The SMILES string of the molecule is C=C(Br)CNC(=NC)N1CCSC(C(C)C)C1.I. The van der Waals surface area contributed by atoms with Gasteiger partial charge in [0.25, 0.3) is 0 Å². The van der Waals surface area contributed by atoms with Gasteiger partial charge in [-0.15, -0.1) is 24.0 Å². The molecule has 0 radical (unpaired) electrons. The monoisotopic (exact) mass is 447 g/mol. The van der Waals surface area contributed by atoms with Gasteiger partial charge in [0.15, 0.2) is 5.96 Å². The van der Waals surface area contributed by atoms with Crippen LogP contribution >= 0.6 is 51.7 Å².